The van der Waals surface area contributed by atoms with Crippen molar-refractivity contribution >= 4 is 10.8 Å². The van der Waals surface area contributed by atoms with Crippen molar-refractivity contribution in [1.82, 2.24) is 4.90 Å². The Kier molecular flexibility index (Phi) is 6.22. The molecule has 0 aliphatic carbocycles. The molecule has 0 bridgehead atoms. The molecule has 120 valence electrons. The third-order valence-corrected chi connectivity index (χ3v) is 4.06. The van der Waals surface area contributed by atoms with E-state index in [0.717, 1.165) is 47.9 Å². The number of hydrogen-bond acceptors (Lipinski definition) is 3. The number of unbranched alkanes of at least 4 members (excludes halogenated alkanes) is 2. The molecule has 1 N–H and O–H groups in total. The maximum absolute atomic E-state index is 10.5. The molecule has 0 aromatic heterocycles. The number of aliphatic hydroxyl groups is 1. The first kappa shape index (κ1) is 16.8. The molecule has 0 aliphatic rings. The fraction of sp³-hybridized carbons (Fsp3) is 0.474. The molecular weight excluding hydrogens is 274 g/mol. The molecule has 3 nitrogen and oxygen atoms in total. The Hall–Kier alpha value is -1.58. The standard InChI is InChI=1S/C19H27NO2/c1-20(2)13-6-4-5-10-19(21)18-9-7-8-15-14-16(22-3)11-12-17(15)18/h7-9,11-12,14,19,21H,4-6,10,13H2,1-3H3. The SMILES string of the molecule is COc1ccc2c(C(O)CCCCCN(C)C)cccc2c1. The number of ether oxygens (including phenoxy) is 1. The highest BCUT2D eigenvalue weighted by Crippen LogP contribution is 2.29. The average Bonchev–Trinajstić information content (AvgIpc) is 2.52. The highest BCUT2D eigenvalue weighted by atomic mass is 16.5. The van der Waals surface area contributed by atoms with E-state index in [9.17, 15) is 5.11 Å². The van der Waals surface area contributed by atoms with Crippen LogP contribution in [0.25, 0.3) is 10.8 Å². The van der Waals surface area contributed by atoms with Gasteiger partial charge in [-0.1, -0.05) is 37.1 Å². The van der Waals surface area contributed by atoms with E-state index in [2.05, 4.69) is 25.1 Å². The number of aliphatic hydroxyl groups excluding tert-OH is 1. The van der Waals surface area contributed by atoms with Crippen molar-refractivity contribution in [3.63, 3.8) is 0 Å². The van der Waals surface area contributed by atoms with Crippen molar-refractivity contribution < 1.29 is 9.84 Å². The van der Waals surface area contributed by atoms with Gasteiger partial charge in [0.1, 0.15) is 5.75 Å². The second kappa shape index (κ2) is 8.16. The number of fused-ring (bicyclic) bond motifs is 1. The molecule has 2 aromatic rings. The van der Waals surface area contributed by atoms with E-state index in [-0.39, 0.29) is 0 Å². The van der Waals surface area contributed by atoms with Crippen LogP contribution < -0.4 is 4.74 Å². The molecule has 0 saturated carbocycles. The Bertz CT molecular complexity index is 595. The van der Waals surface area contributed by atoms with Crippen LogP contribution in [-0.4, -0.2) is 37.8 Å². The van der Waals surface area contributed by atoms with Crippen LogP contribution in [0.3, 0.4) is 0 Å². The Morgan fingerprint density at radius 1 is 1.09 bits per heavy atom. The maximum Gasteiger partial charge on any atom is 0.119 e. The summed E-state index contributed by atoms with van der Waals surface area (Å²) in [5.41, 5.74) is 1.02. The van der Waals surface area contributed by atoms with Crippen molar-refractivity contribution in [2.24, 2.45) is 0 Å². The summed E-state index contributed by atoms with van der Waals surface area (Å²) in [5.74, 6) is 0.850. The molecule has 0 heterocycles. The fourth-order valence-corrected chi connectivity index (χ4v) is 2.80. The normalized spacial score (nSPS) is 12.8. The molecule has 0 spiro atoms. The van der Waals surface area contributed by atoms with Gasteiger partial charge in [0.2, 0.25) is 0 Å². The van der Waals surface area contributed by atoms with Crippen LogP contribution in [-0.2, 0) is 0 Å². The lowest BCUT2D eigenvalue weighted by molar-refractivity contribution is 0.164. The molecule has 1 atom stereocenters. The zero-order valence-electron chi connectivity index (χ0n) is 13.9. The van der Waals surface area contributed by atoms with Gasteiger partial charge in [0, 0.05) is 0 Å². The van der Waals surface area contributed by atoms with Crippen LogP contribution in [0, 0.1) is 0 Å². The second-order valence-electron chi connectivity index (χ2n) is 6.10. The summed E-state index contributed by atoms with van der Waals surface area (Å²) in [7, 11) is 5.87. The first-order valence-corrected chi connectivity index (χ1v) is 8.01. The summed E-state index contributed by atoms with van der Waals surface area (Å²) in [5, 5.41) is 12.7. The summed E-state index contributed by atoms with van der Waals surface area (Å²) in [6.07, 6.45) is 3.83. The number of nitrogens with zero attached hydrogens (tertiary/aromatic N) is 1. The minimum atomic E-state index is -0.392. The minimum absolute atomic E-state index is 0.392. The van der Waals surface area contributed by atoms with Crippen LogP contribution in [0.1, 0.15) is 37.4 Å². The monoisotopic (exact) mass is 301 g/mol. The molecule has 22 heavy (non-hydrogen) atoms. The van der Waals surface area contributed by atoms with Crippen molar-refractivity contribution in [1.29, 1.82) is 0 Å². The Morgan fingerprint density at radius 2 is 1.91 bits per heavy atom. The molecular formula is C19H27NO2. The number of rotatable bonds is 8. The van der Waals surface area contributed by atoms with Gasteiger partial charge in [-0.2, -0.15) is 0 Å². The van der Waals surface area contributed by atoms with Gasteiger partial charge in [-0.05, 0) is 62.0 Å². The summed E-state index contributed by atoms with van der Waals surface area (Å²) in [4.78, 5) is 2.20. The van der Waals surface area contributed by atoms with E-state index in [1.807, 2.05) is 30.3 Å². The summed E-state index contributed by atoms with van der Waals surface area (Å²) < 4.78 is 5.27. The van der Waals surface area contributed by atoms with E-state index >= 15 is 0 Å². The predicted molar refractivity (Wildman–Crippen MR) is 92.5 cm³/mol. The summed E-state index contributed by atoms with van der Waals surface area (Å²) in [6.45, 7) is 1.12. The zero-order chi connectivity index (χ0) is 15.9. The number of methoxy groups -OCH3 is 1. The quantitative estimate of drug-likeness (QED) is 0.748. The van der Waals surface area contributed by atoms with Gasteiger partial charge in [0.15, 0.2) is 0 Å². The summed E-state index contributed by atoms with van der Waals surface area (Å²) in [6, 6.07) is 12.1. The van der Waals surface area contributed by atoms with E-state index in [4.69, 9.17) is 4.74 Å². The molecule has 0 radical (unpaired) electrons. The Morgan fingerprint density at radius 3 is 2.64 bits per heavy atom. The first-order valence-electron chi connectivity index (χ1n) is 8.01. The van der Waals surface area contributed by atoms with Crippen LogP contribution in [0.4, 0.5) is 0 Å². The topological polar surface area (TPSA) is 32.7 Å². The molecule has 1 unspecified atom stereocenters. The van der Waals surface area contributed by atoms with Gasteiger partial charge < -0.3 is 14.7 Å². The smallest absolute Gasteiger partial charge is 0.119 e. The largest absolute Gasteiger partial charge is 0.497 e. The van der Waals surface area contributed by atoms with Crippen molar-refractivity contribution in [2.75, 3.05) is 27.7 Å². The van der Waals surface area contributed by atoms with Crippen LogP contribution in [0.2, 0.25) is 0 Å². The summed E-state index contributed by atoms with van der Waals surface area (Å²) >= 11 is 0. The Balaban J connectivity index is 2.00. The van der Waals surface area contributed by atoms with Crippen LogP contribution >= 0.6 is 0 Å². The highest BCUT2D eigenvalue weighted by molar-refractivity contribution is 5.87. The highest BCUT2D eigenvalue weighted by Gasteiger charge is 2.11. The van der Waals surface area contributed by atoms with Crippen molar-refractivity contribution in [3.8, 4) is 5.75 Å². The molecule has 2 aromatic carbocycles. The second-order valence-corrected chi connectivity index (χ2v) is 6.10. The Labute approximate surface area is 133 Å². The zero-order valence-corrected chi connectivity index (χ0v) is 13.9. The minimum Gasteiger partial charge on any atom is -0.497 e. The van der Waals surface area contributed by atoms with Gasteiger partial charge >= 0.3 is 0 Å². The van der Waals surface area contributed by atoms with Gasteiger partial charge in [0.25, 0.3) is 0 Å². The van der Waals surface area contributed by atoms with Gasteiger partial charge in [-0.3, -0.25) is 0 Å². The lowest BCUT2D eigenvalue weighted by Crippen LogP contribution is -2.12. The third kappa shape index (κ3) is 4.46. The van der Waals surface area contributed by atoms with Crippen molar-refractivity contribution in [2.45, 2.75) is 31.8 Å². The maximum atomic E-state index is 10.5. The molecule has 0 fully saturated rings. The van der Waals surface area contributed by atoms with Crippen molar-refractivity contribution in [3.05, 3.63) is 42.0 Å². The fourth-order valence-electron chi connectivity index (χ4n) is 2.80. The molecule has 0 aliphatic heterocycles. The van der Waals surface area contributed by atoms with Gasteiger partial charge in [-0.25, -0.2) is 0 Å². The third-order valence-electron chi connectivity index (χ3n) is 4.06. The number of hydrogen-bond donors (Lipinski definition) is 1. The number of benzene rings is 2. The van der Waals surface area contributed by atoms with E-state index in [0.29, 0.717) is 0 Å². The average molecular weight is 301 g/mol. The van der Waals surface area contributed by atoms with Crippen LogP contribution in [0.5, 0.6) is 5.75 Å². The van der Waals surface area contributed by atoms with Crippen LogP contribution in [0.15, 0.2) is 36.4 Å². The first-order chi connectivity index (χ1) is 10.6. The van der Waals surface area contributed by atoms with Gasteiger partial charge in [0.05, 0.1) is 13.2 Å². The van der Waals surface area contributed by atoms with E-state index < -0.39 is 6.10 Å². The van der Waals surface area contributed by atoms with E-state index in [1.54, 1.807) is 7.11 Å². The molecule has 0 amide bonds. The molecule has 3 heteroatoms. The molecule has 2 rings (SSSR count). The predicted octanol–water partition coefficient (Wildman–Crippen LogP) is 4.00. The van der Waals surface area contributed by atoms with Gasteiger partial charge in [-0.15, -0.1) is 0 Å². The lowest BCUT2D eigenvalue weighted by Gasteiger charge is -2.15. The van der Waals surface area contributed by atoms with E-state index in [1.165, 1.54) is 6.42 Å². The lowest BCUT2D eigenvalue weighted by atomic mass is 9.97. The molecule has 0 saturated heterocycles.